The Morgan fingerprint density at radius 3 is 2.70 bits per heavy atom. The molecule has 0 saturated carbocycles. The number of benzene rings is 1. The van der Waals surface area contributed by atoms with Crippen LogP contribution in [-0.2, 0) is 4.79 Å². The van der Waals surface area contributed by atoms with Crippen molar-refractivity contribution in [3.05, 3.63) is 65.6 Å². The van der Waals surface area contributed by atoms with E-state index in [0.717, 1.165) is 16.6 Å². The van der Waals surface area contributed by atoms with Crippen LogP contribution in [0.4, 0.5) is 0 Å². The quantitative estimate of drug-likeness (QED) is 0.780. The maximum atomic E-state index is 11.6. The van der Waals surface area contributed by atoms with E-state index in [2.05, 4.69) is 15.3 Å². The number of fused-ring (bicyclic) bond motifs is 1. The average Bonchev–Trinajstić information content (AvgIpc) is 2.55. The van der Waals surface area contributed by atoms with E-state index in [-0.39, 0.29) is 11.7 Å². The van der Waals surface area contributed by atoms with Gasteiger partial charge in [-0.1, -0.05) is 24.3 Å². The first-order valence-electron chi connectivity index (χ1n) is 7.32. The Kier molecular flexibility index (Phi) is 3.93. The number of aromatic nitrogens is 2. The lowest BCUT2D eigenvalue weighted by Crippen LogP contribution is -2.27. The number of aryl methyl sites for hydroxylation is 1. The number of aromatic hydroxyl groups is 1. The molecule has 116 valence electrons. The van der Waals surface area contributed by atoms with Crippen LogP contribution in [-0.4, -0.2) is 21.0 Å². The highest BCUT2D eigenvalue weighted by Gasteiger charge is 2.20. The number of nitrogens with zero attached hydrogens (tertiary/aromatic N) is 2. The number of hydrogen-bond donors (Lipinski definition) is 2. The van der Waals surface area contributed by atoms with Crippen molar-refractivity contribution < 1.29 is 9.90 Å². The minimum absolute atomic E-state index is 0.0776. The van der Waals surface area contributed by atoms with Crippen molar-refractivity contribution in [3.63, 3.8) is 0 Å². The summed E-state index contributed by atoms with van der Waals surface area (Å²) >= 11 is 0. The molecular formula is C18H17N3O2. The fraction of sp³-hybridized carbons (Fsp3) is 0.167. The summed E-state index contributed by atoms with van der Waals surface area (Å²) in [6, 6.07) is 10.7. The molecule has 2 N–H and O–H groups in total. The third-order valence-corrected chi connectivity index (χ3v) is 3.68. The summed E-state index contributed by atoms with van der Waals surface area (Å²) in [4.78, 5) is 20.1. The van der Waals surface area contributed by atoms with Gasteiger partial charge in [0.25, 0.3) is 0 Å². The van der Waals surface area contributed by atoms with Gasteiger partial charge in [0.1, 0.15) is 11.3 Å². The highest BCUT2D eigenvalue weighted by Crippen LogP contribution is 2.34. The minimum Gasteiger partial charge on any atom is -0.505 e. The molecule has 5 heteroatoms. The van der Waals surface area contributed by atoms with Gasteiger partial charge in [0, 0.05) is 36.0 Å². The molecule has 0 aliphatic heterocycles. The van der Waals surface area contributed by atoms with Crippen LogP contribution in [0, 0.1) is 6.92 Å². The molecule has 5 nitrogen and oxygen atoms in total. The van der Waals surface area contributed by atoms with Crippen molar-refractivity contribution in [1.29, 1.82) is 0 Å². The monoisotopic (exact) mass is 307 g/mol. The first kappa shape index (κ1) is 15.0. The van der Waals surface area contributed by atoms with Crippen LogP contribution < -0.4 is 5.32 Å². The SMILES string of the molecule is CC(=O)NC(c1cccnc1)c1ccc2ccc(C)nc2c1O. The second kappa shape index (κ2) is 6.04. The minimum atomic E-state index is -0.479. The number of rotatable bonds is 3. The van der Waals surface area contributed by atoms with Crippen LogP contribution in [0.15, 0.2) is 48.8 Å². The summed E-state index contributed by atoms with van der Waals surface area (Å²) < 4.78 is 0. The van der Waals surface area contributed by atoms with E-state index in [4.69, 9.17) is 0 Å². The molecular weight excluding hydrogens is 290 g/mol. The van der Waals surface area contributed by atoms with Gasteiger partial charge in [-0.05, 0) is 24.6 Å². The molecule has 2 aromatic heterocycles. The number of hydrogen-bond acceptors (Lipinski definition) is 4. The summed E-state index contributed by atoms with van der Waals surface area (Å²) in [6.45, 7) is 3.32. The van der Waals surface area contributed by atoms with E-state index >= 15 is 0 Å². The Morgan fingerprint density at radius 2 is 2.00 bits per heavy atom. The zero-order valence-electron chi connectivity index (χ0n) is 12.9. The lowest BCUT2D eigenvalue weighted by Gasteiger charge is -2.20. The van der Waals surface area contributed by atoms with Crippen molar-refractivity contribution in [2.45, 2.75) is 19.9 Å². The molecule has 2 heterocycles. The van der Waals surface area contributed by atoms with E-state index in [1.54, 1.807) is 18.5 Å². The lowest BCUT2D eigenvalue weighted by atomic mass is 9.97. The maximum absolute atomic E-state index is 11.6. The van der Waals surface area contributed by atoms with Crippen LogP contribution in [0.3, 0.4) is 0 Å². The van der Waals surface area contributed by atoms with E-state index in [1.807, 2.05) is 37.3 Å². The van der Waals surface area contributed by atoms with Gasteiger partial charge in [-0.25, -0.2) is 4.98 Å². The Bertz CT molecular complexity index is 863. The van der Waals surface area contributed by atoms with E-state index in [0.29, 0.717) is 11.1 Å². The van der Waals surface area contributed by atoms with Crippen LogP contribution in [0.1, 0.15) is 29.8 Å². The van der Waals surface area contributed by atoms with E-state index in [1.165, 1.54) is 6.92 Å². The van der Waals surface area contributed by atoms with Gasteiger partial charge in [-0.15, -0.1) is 0 Å². The van der Waals surface area contributed by atoms with Gasteiger partial charge in [-0.2, -0.15) is 0 Å². The molecule has 3 rings (SSSR count). The standard InChI is InChI=1S/C18H17N3O2/c1-11-5-6-13-7-8-15(18(23)17(13)20-11)16(21-12(2)22)14-4-3-9-19-10-14/h3-10,16,23H,1-2H3,(H,21,22). The number of carbonyl (C=O) groups is 1. The van der Waals surface area contributed by atoms with E-state index < -0.39 is 6.04 Å². The van der Waals surface area contributed by atoms with Gasteiger partial charge in [-0.3, -0.25) is 9.78 Å². The predicted molar refractivity (Wildman–Crippen MR) is 88.0 cm³/mol. The van der Waals surface area contributed by atoms with Gasteiger partial charge in [0.2, 0.25) is 5.91 Å². The molecule has 0 aliphatic rings. The second-order valence-corrected chi connectivity index (χ2v) is 5.45. The van der Waals surface area contributed by atoms with Crippen molar-refractivity contribution in [2.24, 2.45) is 0 Å². The Balaban J connectivity index is 2.18. The van der Waals surface area contributed by atoms with Crippen LogP contribution in [0.25, 0.3) is 10.9 Å². The van der Waals surface area contributed by atoms with Crippen molar-refractivity contribution >= 4 is 16.8 Å². The second-order valence-electron chi connectivity index (χ2n) is 5.45. The molecule has 3 aromatic rings. The third-order valence-electron chi connectivity index (χ3n) is 3.68. The number of carbonyl (C=O) groups excluding carboxylic acids is 1. The Hall–Kier alpha value is -2.95. The molecule has 1 unspecified atom stereocenters. The highest BCUT2D eigenvalue weighted by atomic mass is 16.3. The average molecular weight is 307 g/mol. The van der Waals surface area contributed by atoms with Crippen LogP contribution >= 0.6 is 0 Å². The molecule has 1 amide bonds. The molecule has 0 spiro atoms. The first-order chi connectivity index (χ1) is 11.1. The Morgan fingerprint density at radius 1 is 1.22 bits per heavy atom. The number of amides is 1. The van der Waals surface area contributed by atoms with Gasteiger partial charge in [0.05, 0.1) is 6.04 Å². The molecule has 1 atom stereocenters. The van der Waals surface area contributed by atoms with Gasteiger partial charge in [0.15, 0.2) is 0 Å². The fourth-order valence-corrected chi connectivity index (χ4v) is 2.61. The van der Waals surface area contributed by atoms with Crippen molar-refractivity contribution in [2.75, 3.05) is 0 Å². The zero-order chi connectivity index (χ0) is 16.4. The molecule has 0 radical (unpaired) electrons. The van der Waals surface area contributed by atoms with Crippen LogP contribution in [0.2, 0.25) is 0 Å². The Labute approximate surface area is 134 Å². The summed E-state index contributed by atoms with van der Waals surface area (Å²) in [5, 5.41) is 14.4. The molecule has 0 fully saturated rings. The molecule has 23 heavy (non-hydrogen) atoms. The number of nitrogens with one attached hydrogen (secondary N) is 1. The summed E-state index contributed by atoms with van der Waals surface area (Å²) in [5.41, 5.74) is 2.74. The molecule has 0 aliphatic carbocycles. The smallest absolute Gasteiger partial charge is 0.217 e. The maximum Gasteiger partial charge on any atom is 0.217 e. The van der Waals surface area contributed by atoms with Gasteiger partial charge >= 0.3 is 0 Å². The van der Waals surface area contributed by atoms with Crippen LogP contribution in [0.5, 0.6) is 5.75 Å². The van der Waals surface area contributed by atoms with Crippen molar-refractivity contribution in [1.82, 2.24) is 15.3 Å². The molecule has 0 saturated heterocycles. The van der Waals surface area contributed by atoms with Gasteiger partial charge < -0.3 is 10.4 Å². The van der Waals surface area contributed by atoms with Crippen molar-refractivity contribution in [3.8, 4) is 5.75 Å². The molecule has 0 bridgehead atoms. The number of phenolic OH excluding ortho intramolecular Hbond substituents is 1. The first-order valence-corrected chi connectivity index (χ1v) is 7.32. The summed E-state index contributed by atoms with van der Waals surface area (Å²) in [6.07, 6.45) is 3.34. The number of pyridine rings is 2. The van der Waals surface area contributed by atoms with E-state index in [9.17, 15) is 9.90 Å². The highest BCUT2D eigenvalue weighted by molar-refractivity contribution is 5.86. The lowest BCUT2D eigenvalue weighted by molar-refractivity contribution is -0.119. The summed E-state index contributed by atoms with van der Waals surface area (Å²) in [5.74, 6) is -0.107. The fourth-order valence-electron chi connectivity index (χ4n) is 2.61. The predicted octanol–water partition coefficient (Wildman–Crippen LogP) is 2.87. The molecule has 1 aromatic carbocycles. The largest absolute Gasteiger partial charge is 0.505 e. The third kappa shape index (κ3) is 2.99. The normalized spacial score (nSPS) is 12.1. The topological polar surface area (TPSA) is 75.1 Å². The zero-order valence-corrected chi connectivity index (χ0v) is 12.9. The number of phenols is 1. The summed E-state index contributed by atoms with van der Waals surface area (Å²) in [7, 11) is 0.